The number of carbonyl (C=O) groups excluding carboxylic acids is 3. The maximum absolute atomic E-state index is 13.7. The van der Waals surface area contributed by atoms with Crippen LogP contribution in [0, 0.1) is 5.92 Å². The van der Waals surface area contributed by atoms with Crippen molar-refractivity contribution in [3.63, 3.8) is 0 Å². The maximum atomic E-state index is 13.7. The summed E-state index contributed by atoms with van der Waals surface area (Å²) in [5.74, 6) is -0.572. The van der Waals surface area contributed by atoms with Crippen molar-refractivity contribution in [1.82, 2.24) is 15.2 Å². The number of aliphatic hydroxyl groups excluding tert-OH is 2. The number of aromatic nitrogens is 1. The van der Waals surface area contributed by atoms with Crippen LogP contribution in [0.2, 0.25) is 0 Å². The summed E-state index contributed by atoms with van der Waals surface area (Å²) in [6, 6.07) is 12.3. The maximum Gasteiger partial charge on any atom is 0.247 e. The lowest BCUT2D eigenvalue weighted by atomic mass is 9.77. The fraction of sp³-hybridized carbons (Fsp3) is 0.406. The molecule has 1 aromatic heterocycles. The molecule has 4 atom stereocenters. The highest BCUT2D eigenvalue weighted by Crippen LogP contribution is 2.51. The molecule has 4 unspecified atom stereocenters. The SMILES string of the molecule is COc1cc(C=O)cc2c1OC1C2C(C(=O)NCCO)=CC(N(CCc2cc3ccccc3[nH]2)C(=O)CC(C)C)C1O. The molecule has 2 aromatic carbocycles. The molecule has 0 radical (unpaired) electrons. The Labute approximate surface area is 244 Å². The standard InChI is InChI=1S/C32H37N3O7/c1-18(2)12-27(38)35(10-8-21-15-20-6-4-5-7-24(20)34-21)25-16-23(32(40)33-9-11-36)28-22-13-19(17-37)14-26(41-3)30(22)42-31(28)29(25)39/h4-7,13-18,25,28-29,31,34,36,39H,8-12H2,1-3H3,(H,33,40). The Morgan fingerprint density at radius 2 is 2.00 bits per heavy atom. The van der Waals surface area contributed by atoms with Gasteiger partial charge in [-0.25, -0.2) is 0 Å². The molecule has 3 aromatic rings. The number of fused-ring (bicyclic) bond motifs is 4. The number of aldehydes is 1. The second-order valence-electron chi connectivity index (χ2n) is 11.2. The number of benzene rings is 2. The van der Waals surface area contributed by atoms with Gasteiger partial charge in [-0.15, -0.1) is 0 Å². The minimum Gasteiger partial charge on any atom is -0.493 e. The van der Waals surface area contributed by atoms with Crippen LogP contribution >= 0.6 is 0 Å². The van der Waals surface area contributed by atoms with Crippen LogP contribution in [0.4, 0.5) is 0 Å². The summed E-state index contributed by atoms with van der Waals surface area (Å²) >= 11 is 0. The number of nitrogens with one attached hydrogen (secondary N) is 2. The van der Waals surface area contributed by atoms with Gasteiger partial charge in [0.2, 0.25) is 11.8 Å². The molecule has 10 heteroatoms. The zero-order valence-electron chi connectivity index (χ0n) is 24.0. The molecule has 10 nitrogen and oxygen atoms in total. The van der Waals surface area contributed by atoms with Gasteiger partial charge < -0.3 is 34.9 Å². The van der Waals surface area contributed by atoms with Crippen LogP contribution in [0.5, 0.6) is 11.5 Å². The molecule has 0 saturated carbocycles. The number of hydrogen-bond donors (Lipinski definition) is 4. The van der Waals surface area contributed by atoms with Gasteiger partial charge in [0.15, 0.2) is 11.5 Å². The van der Waals surface area contributed by atoms with Crippen molar-refractivity contribution in [1.29, 1.82) is 0 Å². The molecule has 4 N–H and O–H groups in total. The van der Waals surface area contributed by atoms with E-state index in [2.05, 4.69) is 10.3 Å². The molecule has 2 aliphatic rings. The highest BCUT2D eigenvalue weighted by Gasteiger charge is 2.51. The second kappa shape index (κ2) is 12.4. The molecule has 42 heavy (non-hydrogen) atoms. The topological polar surface area (TPSA) is 141 Å². The molecular weight excluding hydrogens is 538 g/mol. The van der Waals surface area contributed by atoms with Gasteiger partial charge >= 0.3 is 0 Å². The summed E-state index contributed by atoms with van der Waals surface area (Å²) in [5.41, 5.74) is 3.12. The molecule has 2 heterocycles. The van der Waals surface area contributed by atoms with E-state index in [0.29, 0.717) is 47.5 Å². The summed E-state index contributed by atoms with van der Waals surface area (Å²) in [6.45, 7) is 3.99. The number of amides is 2. The Kier molecular flexibility index (Phi) is 8.65. The van der Waals surface area contributed by atoms with E-state index in [0.717, 1.165) is 16.6 Å². The summed E-state index contributed by atoms with van der Waals surface area (Å²) in [4.78, 5) is 43.9. The van der Waals surface area contributed by atoms with Gasteiger partial charge in [0.25, 0.3) is 0 Å². The molecule has 0 fully saturated rings. The van der Waals surface area contributed by atoms with Gasteiger partial charge in [0.1, 0.15) is 18.5 Å². The Balaban J connectivity index is 1.54. The number of H-pyrrole nitrogens is 1. The number of aromatic amines is 1. The lowest BCUT2D eigenvalue weighted by Crippen LogP contribution is -2.56. The fourth-order valence-electron chi connectivity index (χ4n) is 5.97. The van der Waals surface area contributed by atoms with E-state index >= 15 is 0 Å². The Bertz CT molecular complexity index is 1480. The number of ether oxygens (including phenoxy) is 2. The number of carbonyl (C=O) groups is 3. The average Bonchev–Trinajstić information content (AvgIpc) is 3.58. The third kappa shape index (κ3) is 5.64. The van der Waals surface area contributed by atoms with Crippen molar-refractivity contribution in [2.75, 3.05) is 26.8 Å². The zero-order valence-corrected chi connectivity index (χ0v) is 24.0. The lowest BCUT2D eigenvalue weighted by molar-refractivity contribution is -0.137. The smallest absolute Gasteiger partial charge is 0.247 e. The van der Waals surface area contributed by atoms with Gasteiger partial charge in [0, 0.05) is 53.8 Å². The number of hydrogen-bond acceptors (Lipinski definition) is 7. The average molecular weight is 576 g/mol. The highest BCUT2D eigenvalue weighted by atomic mass is 16.5. The van der Waals surface area contributed by atoms with Crippen LogP contribution in [-0.2, 0) is 16.0 Å². The van der Waals surface area contributed by atoms with E-state index in [1.807, 2.05) is 44.2 Å². The van der Waals surface area contributed by atoms with Crippen LogP contribution in [0.25, 0.3) is 10.9 Å². The minimum atomic E-state index is -1.18. The van der Waals surface area contributed by atoms with E-state index in [1.165, 1.54) is 7.11 Å². The molecule has 5 rings (SSSR count). The molecule has 222 valence electrons. The Morgan fingerprint density at radius 3 is 2.69 bits per heavy atom. The summed E-state index contributed by atoms with van der Waals surface area (Å²) in [7, 11) is 1.45. The normalized spacial score (nSPS) is 20.9. The molecular formula is C32H37N3O7. The van der Waals surface area contributed by atoms with E-state index in [1.54, 1.807) is 23.1 Å². The number of para-hydroxylation sites is 1. The second-order valence-corrected chi connectivity index (χ2v) is 11.2. The van der Waals surface area contributed by atoms with E-state index < -0.39 is 30.1 Å². The minimum absolute atomic E-state index is 0.0303. The van der Waals surface area contributed by atoms with Crippen LogP contribution in [0.1, 0.15) is 47.8 Å². The van der Waals surface area contributed by atoms with Crippen molar-refractivity contribution in [3.8, 4) is 11.5 Å². The first-order valence-electron chi connectivity index (χ1n) is 14.2. The monoisotopic (exact) mass is 575 g/mol. The van der Waals surface area contributed by atoms with Gasteiger partial charge in [-0.1, -0.05) is 32.0 Å². The van der Waals surface area contributed by atoms with Gasteiger partial charge in [-0.3, -0.25) is 14.4 Å². The van der Waals surface area contributed by atoms with Crippen molar-refractivity contribution in [2.45, 2.75) is 50.9 Å². The van der Waals surface area contributed by atoms with Crippen molar-refractivity contribution in [3.05, 3.63) is 70.9 Å². The molecule has 1 aliphatic heterocycles. The number of nitrogens with zero attached hydrogens (tertiary/aromatic N) is 1. The zero-order chi connectivity index (χ0) is 30.0. The molecule has 2 amide bonds. The summed E-state index contributed by atoms with van der Waals surface area (Å²) in [5, 5.41) is 24.9. The van der Waals surface area contributed by atoms with E-state index in [9.17, 15) is 24.6 Å². The third-order valence-corrected chi connectivity index (χ3v) is 7.88. The molecule has 0 bridgehead atoms. The summed E-state index contributed by atoms with van der Waals surface area (Å²) < 4.78 is 11.8. The predicted octanol–water partition coefficient (Wildman–Crippen LogP) is 2.73. The lowest BCUT2D eigenvalue weighted by Gasteiger charge is -2.41. The third-order valence-electron chi connectivity index (χ3n) is 7.88. The van der Waals surface area contributed by atoms with E-state index in [-0.39, 0.29) is 31.4 Å². The molecule has 0 spiro atoms. The van der Waals surface area contributed by atoms with Crippen molar-refractivity contribution < 1.29 is 34.1 Å². The fourth-order valence-corrected chi connectivity index (χ4v) is 5.97. The predicted molar refractivity (Wildman–Crippen MR) is 157 cm³/mol. The Morgan fingerprint density at radius 1 is 1.21 bits per heavy atom. The van der Waals surface area contributed by atoms with Crippen molar-refractivity contribution >= 4 is 29.0 Å². The molecule has 1 aliphatic carbocycles. The number of methoxy groups -OCH3 is 1. The largest absolute Gasteiger partial charge is 0.493 e. The number of aliphatic hydroxyl groups is 2. The van der Waals surface area contributed by atoms with Gasteiger partial charge in [-0.2, -0.15) is 0 Å². The quantitative estimate of drug-likeness (QED) is 0.258. The highest BCUT2D eigenvalue weighted by molar-refractivity contribution is 5.96. The first-order valence-corrected chi connectivity index (χ1v) is 14.2. The van der Waals surface area contributed by atoms with Crippen molar-refractivity contribution in [2.24, 2.45) is 5.92 Å². The van der Waals surface area contributed by atoms with Crippen LogP contribution < -0.4 is 14.8 Å². The van der Waals surface area contributed by atoms with Crippen LogP contribution in [0.15, 0.2) is 54.1 Å². The summed E-state index contributed by atoms with van der Waals surface area (Å²) in [6.07, 6.45) is 1.00. The van der Waals surface area contributed by atoms with Crippen LogP contribution in [0.3, 0.4) is 0 Å². The van der Waals surface area contributed by atoms with Gasteiger partial charge in [0.05, 0.1) is 25.7 Å². The van der Waals surface area contributed by atoms with Crippen LogP contribution in [-0.4, -0.2) is 83.3 Å². The first kappa shape index (κ1) is 29.3. The molecule has 0 saturated heterocycles. The van der Waals surface area contributed by atoms with Gasteiger partial charge in [-0.05, 0) is 41.6 Å². The van der Waals surface area contributed by atoms with E-state index in [4.69, 9.17) is 9.47 Å². The first-order chi connectivity index (χ1) is 20.2. The Hall–Kier alpha value is -4.15. The number of rotatable bonds is 11.